The third-order valence-electron chi connectivity index (χ3n) is 1.93. The summed E-state index contributed by atoms with van der Waals surface area (Å²) in [6, 6.07) is 0. The summed E-state index contributed by atoms with van der Waals surface area (Å²) < 4.78 is 43.7. The molecular formula is C8H15F3O2. The van der Waals surface area contributed by atoms with Crippen LogP contribution in [0.1, 0.15) is 20.3 Å². The molecule has 0 rings (SSSR count). The zero-order valence-corrected chi connectivity index (χ0v) is 8.07. The molecule has 0 aromatic heterocycles. The average Bonchev–Trinajstić information content (AvgIpc) is 2.01. The SMILES string of the molecule is CCC(C)(COC)COC(F)(F)F. The number of alkyl halides is 3. The first kappa shape index (κ1) is 12.7. The number of ether oxygens (including phenoxy) is 2. The number of hydrogen-bond donors (Lipinski definition) is 0. The molecule has 0 amide bonds. The highest BCUT2D eigenvalue weighted by atomic mass is 19.4. The summed E-state index contributed by atoms with van der Waals surface area (Å²) in [6.45, 7) is 3.40. The Morgan fingerprint density at radius 3 is 2.00 bits per heavy atom. The van der Waals surface area contributed by atoms with Crippen LogP contribution in [-0.4, -0.2) is 26.7 Å². The second-order valence-electron chi connectivity index (χ2n) is 3.33. The number of halogens is 3. The van der Waals surface area contributed by atoms with Crippen LogP contribution in [0.2, 0.25) is 0 Å². The first-order chi connectivity index (χ1) is 5.83. The number of hydrogen-bond acceptors (Lipinski definition) is 2. The second-order valence-corrected chi connectivity index (χ2v) is 3.33. The van der Waals surface area contributed by atoms with E-state index in [-0.39, 0.29) is 13.2 Å². The minimum Gasteiger partial charge on any atom is -0.384 e. The van der Waals surface area contributed by atoms with Gasteiger partial charge in [0.25, 0.3) is 0 Å². The Labute approximate surface area is 76.0 Å². The van der Waals surface area contributed by atoms with Gasteiger partial charge in [-0.25, -0.2) is 0 Å². The van der Waals surface area contributed by atoms with Gasteiger partial charge in [0.1, 0.15) is 0 Å². The maximum atomic E-state index is 11.7. The Bertz CT molecular complexity index is 147. The molecular weight excluding hydrogens is 185 g/mol. The van der Waals surface area contributed by atoms with Crippen LogP contribution >= 0.6 is 0 Å². The van der Waals surface area contributed by atoms with Crippen molar-refractivity contribution in [2.75, 3.05) is 20.3 Å². The van der Waals surface area contributed by atoms with E-state index in [0.29, 0.717) is 6.42 Å². The van der Waals surface area contributed by atoms with Gasteiger partial charge >= 0.3 is 6.36 Å². The molecule has 0 radical (unpaired) electrons. The van der Waals surface area contributed by atoms with Crippen molar-refractivity contribution in [1.82, 2.24) is 0 Å². The van der Waals surface area contributed by atoms with Crippen LogP contribution in [0.3, 0.4) is 0 Å². The molecule has 0 aromatic carbocycles. The lowest BCUT2D eigenvalue weighted by molar-refractivity contribution is -0.334. The average molecular weight is 200 g/mol. The van der Waals surface area contributed by atoms with E-state index in [0.717, 1.165) is 0 Å². The van der Waals surface area contributed by atoms with E-state index in [2.05, 4.69) is 4.74 Å². The molecule has 0 saturated carbocycles. The van der Waals surface area contributed by atoms with E-state index in [9.17, 15) is 13.2 Å². The molecule has 1 unspecified atom stereocenters. The molecule has 0 aliphatic rings. The van der Waals surface area contributed by atoms with Gasteiger partial charge < -0.3 is 4.74 Å². The van der Waals surface area contributed by atoms with Crippen molar-refractivity contribution < 1.29 is 22.6 Å². The first-order valence-corrected chi connectivity index (χ1v) is 4.02. The molecule has 0 bridgehead atoms. The van der Waals surface area contributed by atoms with E-state index >= 15 is 0 Å². The highest BCUT2D eigenvalue weighted by Gasteiger charge is 2.33. The lowest BCUT2D eigenvalue weighted by Crippen LogP contribution is -2.31. The Morgan fingerprint density at radius 1 is 1.15 bits per heavy atom. The van der Waals surface area contributed by atoms with Gasteiger partial charge in [0.05, 0.1) is 13.2 Å². The third kappa shape index (κ3) is 5.87. The topological polar surface area (TPSA) is 18.5 Å². The second kappa shape index (κ2) is 4.81. The summed E-state index contributed by atoms with van der Waals surface area (Å²) in [5.74, 6) is 0. The van der Waals surface area contributed by atoms with Crippen LogP contribution in [0, 0.1) is 5.41 Å². The van der Waals surface area contributed by atoms with Crippen molar-refractivity contribution in [3.8, 4) is 0 Å². The Hall–Kier alpha value is -0.290. The summed E-state index contributed by atoms with van der Waals surface area (Å²) in [4.78, 5) is 0. The van der Waals surface area contributed by atoms with Gasteiger partial charge in [-0.3, -0.25) is 4.74 Å². The fourth-order valence-electron chi connectivity index (χ4n) is 0.850. The van der Waals surface area contributed by atoms with Gasteiger partial charge in [0, 0.05) is 12.5 Å². The molecule has 80 valence electrons. The van der Waals surface area contributed by atoms with Crippen LogP contribution < -0.4 is 0 Å². The summed E-state index contributed by atoms with van der Waals surface area (Å²) in [5, 5.41) is 0. The molecule has 0 fully saturated rings. The Kier molecular flexibility index (Phi) is 4.70. The van der Waals surface area contributed by atoms with E-state index in [4.69, 9.17) is 4.74 Å². The van der Waals surface area contributed by atoms with Crippen LogP contribution in [0.4, 0.5) is 13.2 Å². The standard InChI is InChI=1S/C8H15F3O2/c1-4-7(2,5-12-3)6-13-8(9,10)11/h4-6H2,1-3H3. The molecule has 13 heavy (non-hydrogen) atoms. The molecule has 0 N–H and O–H groups in total. The van der Waals surface area contributed by atoms with E-state index in [1.807, 2.05) is 0 Å². The lowest BCUT2D eigenvalue weighted by atomic mass is 9.90. The molecule has 0 aliphatic heterocycles. The minimum absolute atomic E-state index is 0.263. The van der Waals surface area contributed by atoms with Crippen LogP contribution in [0.25, 0.3) is 0 Å². The number of methoxy groups -OCH3 is 1. The Balaban J connectivity index is 3.97. The highest BCUT2D eigenvalue weighted by Crippen LogP contribution is 2.26. The van der Waals surface area contributed by atoms with Crippen molar-refractivity contribution in [1.29, 1.82) is 0 Å². The van der Waals surface area contributed by atoms with Crippen LogP contribution in [-0.2, 0) is 9.47 Å². The molecule has 0 aromatic rings. The fourth-order valence-corrected chi connectivity index (χ4v) is 0.850. The molecule has 1 atom stereocenters. The first-order valence-electron chi connectivity index (χ1n) is 4.02. The normalized spacial score (nSPS) is 17.1. The molecule has 0 heterocycles. The zero-order chi connectivity index (χ0) is 10.5. The Morgan fingerprint density at radius 2 is 1.69 bits per heavy atom. The van der Waals surface area contributed by atoms with Gasteiger partial charge in [0.2, 0.25) is 0 Å². The predicted octanol–water partition coefficient (Wildman–Crippen LogP) is 2.59. The third-order valence-corrected chi connectivity index (χ3v) is 1.93. The summed E-state index contributed by atoms with van der Waals surface area (Å²) in [6.07, 6.45) is -3.97. The predicted molar refractivity (Wildman–Crippen MR) is 42.3 cm³/mol. The maximum absolute atomic E-state index is 11.7. The van der Waals surface area contributed by atoms with E-state index in [1.165, 1.54) is 7.11 Å². The van der Waals surface area contributed by atoms with Crippen molar-refractivity contribution in [2.45, 2.75) is 26.6 Å². The zero-order valence-electron chi connectivity index (χ0n) is 8.07. The van der Waals surface area contributed by atoms with Crippen molar-refractivity contribution in [3.05, 3.63) is 0 Å². The molecule has 5 heteroatoms. The smallest absolute Gasteiger partial charge is 0.384 e. The maximum Gasteiger partial charge on any atom is 0.522 e. The summed E-state index contributed by atoms with van der Waals surface area (Å²) in [7, 11) is 1.46. The van der Waals surface area contributed by atoms with Gasteiger partial charge in [-0.2, -0.15) is 0 Å². The lowest BCUT2D eigenvalue weighted by Gasteiger charge is -2.27. The fraction of sp³-hybridized carbons (Fsp3) is 1.00. The molecule has 0 aliphatic carbocycles. The quantitative estimate of drug-likeness (QED) is 0.679. The highest BCUT2D eigenvalue weighted by molar-refractivity contribution is 4.71. The molecule has 0 saturated heterocycles. The minimum atomic E-state index is -4.55. The van der Waals surface area contributed by atoms with Crippen molar-refractivity contribution in [3.63, 3.8) is 0 Å². The van der Waals surface area contributed by atoms with Crippen LogP contribution in [0.15, 0.2) is 0 Å². The van der Waals surface area contributed by atoms with Crippen molar-refractivity contribution in [2.24, 2.45) is 5.41 Å². The van der Waals surface area contributed by atoms with Gasteiger partial charge in [0.15, 0.2) is 0 Å². The largest absolute Gasteiger partial charge is 0.522 e. The van der Waals surface area contributed by atoms with Gasteiger partial charge in [-0.1, -0.05) is 13.8 Å². The monoisotopic (exact) mass is 200 g/mol. The van der Waals surface area contributed by atoms with Crippen molar-refractivity contribution >= 4 is 0 Å². The molecule has 0 spiro atoms. The van der Waals surface area contributed by atoms with Gasteiger partial charge in [-0.05, 0) is 6.42 Å². The van der Waals surface area contributed by atoms with Gasteiger partial charge in [-0.15, -0.1) is 13.2 Å². The number of rotatable bonds is 5. The summed E-state index contributed by atoms with van der Waals surface area (Å²) >= 11 is 0. The van der Waals surface area contributed by atoms with Crippen LogP contribution in [0.5, 0.6) is 0 Å². The summed E-state index contributed by atoms with van der Waals surface area (Å²) in [5.41, 5.74) is -0.565. The molecule has 2 nitrogen and oxygen atoms in total. The van der Waals surface area contributed by atoms with E-state index in [1.54, 1.807) is 13.8 Å². The van der Waals surface area contributed by atoms with E-state index < -0.39 is 11.8 Å².